The van der Waals surface area contributed by atoms with Crippen LogP contribution in [-0.4, -0.2) is 31.5 Å². The van der Waals surface area contributed by atoms with Crippen molar-refractivity contribution >= 4 is 46.2 Å². The van der Waals surface area contributed by atoms with Crippen molar-refractivity contribution in [1.29, 1.82) is 5.41 Å². The molecule has 5 N–H and O–H groups in total. The Morgan fingerprint density at radius 3 is 2.41 bits per heavy atom. The van der Waals surface area contributed by atoms with Gasteiger partial charge in [0.05, 0.1) is 29.1 Å². The Kier molecular flexibility index (Phi) is 6.31. The number of ether oxygens (including phenoxy) is 1. The van der Waals surface area contributed by atoms with Gasteiger partial charge in [-0.2, -0.15) is 0 Å². The van der Waals surface area contributed by atoms with Crippen molar-refractivity contribution in [2.24, 2.45) is 5.73 Å². The summed E-state index contributed by atoms with van der Waals surface area (Å²) in [6, 6.07) is 22.1. The van der Waals surface area contributed by atoms with Crippen LogP contribution < -0.4 is 21.3 Å². The SMILES string of the molecule is CCOC(=O)c1ccc2c(c1)NC(=O)/C2=C(/c1ccccc1)N(C)c1ccc(NC(=N)N)cc1. The number of amides is 1. The Morgan fingerprint density at radius 1 is 1.06 bits per heavy atom. The summed E-state index contributed by atoms with van der Waals surface area (Å²) in [5.41, 5.74) is 10.7. The van der Waals surface area contributed by atoms with E-state index in [1.807, 2.05) is 66.5 Å². The van der Waals surface area contributed by atoms with E-state index >= 15 is 0 Å². The highest BCUT2D eigenvalue weighted by Gasteiger charge is 2.31. The molecule has 1 aliphatic rings. The van der Waals surface area contributed by atoms with Crippen molar-refractivity contribution in [2.75, 3.05) is 29.2 Å². The highest BCUT2D eigenvalue weighted by Crippen LogP contribution is 2.40. The molecule has 8 heteroatoms. The summed E-state index contributed by atoms with van der Waals surface area (Å²) in [4.78, 5) is 27.3. The molecule has 0 saturated heterocycles. The number of nitrogens with one attached hydrogen (secondary N) is 3. The van der Waals surface area contributed by atoms with E-state index in [9.17, 15) is 9.59 Å². The second-order valence-corrected chi connectivity index (χ2v) is 7.67. The molecule has 0 unspecified atom stereocenters. The van der Waals surface area contributed by atoms with Crippen molar-refractivity contribution in [2.45, 2.75) is 6.92 Å². The maximum atomic E-state index is 13.2. The minimum atomic E-state index is -0.434. The minimum absolute atomic E-state index is 0.144. The monoisotopic (exact) mass is 455 g/mol. The van der Waals surface area contributed by atoms with Gasteiger partial charge in [-0.25, -0.2) is 4.79 Å². The second-order valence-electron chi connectivity index (χ2n) is 7.67. The maximum Gasteiger partial charge on any atom is 0.338 e. The Labute approximate surface area is 197 Å². The smallest absolute Gasteiger partial charge is 0.338 e. The molecular weight excluding hydrogens is 430 g/mol. The minimum Gasteiger partial charge on any atom is -0.462 e. The Bertz CT molecular complexity index is 1280. The highest BCUT2D eigenvalue weighted by molar-refractivity contribution is 6.37. The number of fused-ring (bicyclic) bond motifs is 1. The van der Waals surface area contributed by atoms with Gasteiger partial charge in [-0.05, 0) is 48.9 Å². The van der Waals surface area contributed by atoms with Crippen molar-refractivity contribution in [3.8, 4) is 0 Å². The van der Waals surface area contributed by atoms with Crippen molar-refractivity contribution < 1.29 is 14.3 Å². The summed E-state index contributed by atoms with van der Waals surface area (Å²) in [5, 5.41) is 13.0. The molecule has 34 heavy (non-hydrogen) atoms. The van der Waals surface area contributed by atoms with E-state index in [4.69, 9.17) is 15.9 Å². The third-order valence-corrected chi connectivity index (χ3v) is 5.43. The lowest BCUT2D eigenvalue weighted by molar-refractivity contribution is -0.110. The van der Waals surface area contributed by atoms with Crippen molar-refractivity contribution in [1.82, 2.24) is 0 Å². The Balaban J connectivity index is 1.82. The molecule has 3 aromatic rings. The van der Waals surface area contributed by atoms with Crippen molar-refractivity contribution in [3.63, 3.8) is 0 Å². The number of nitrogens with two attached hydrogens (primary N) is 1. The first-order valence-corrected chi connectivity index (χ1v) is 10.8. The zero-order chi connectivity index (χ0) is 24.2. The first-order valence-electron chi connectivity index (χ1n) is 10.8. The van der Waals surface area contributed by atoms with E-state index in [0.29, 0.717) is 33.8 Å². The number of carbonyl (C=O) groups excluding carboxylic acids is 2. The fourth-order valence-electron chi connectivity index (χ4n) is 3.90. The van der Waals surface area contributed by atoms with Crippen molar-refractivity contribution in [3.05, 3.63) is 89.5 Å². The van der Waals surface area contributed by atoms with Crippen LogP contribution in [0.5, 0.6) is 0 Å². The molecule has 0 saturated carbocycles. The van der Waals surface area contributed by atoms with Gasteiger partial charge in [0.1, 0.15) is 0 Å². The number of esters is 1. The Hall–Kier alpha value is -4.59. The summed E-state index contributed by atoms with van der Waals surface area (Å²) in [6.07, 6.45) is 0. The first-order chi connectivity index (χ1) is 16.4. The van der Waals surface area contributed by atoms with E-state index in [1.165, 1.54) is 0 Å². The van der Waals surface area contributed by atoms with E-state index in [2.05, 4.69) is 10.6 Å². The quantitative estimate of drug-likeness (QED) is 0.192. The molecule has 172 valence electrons. The summed E-state index contributed by atoms with van der Waals surface area (Å²) >= 11 is 0. The van der Waals surface area contributed by atoms with Crippen LogP contribution in [0, 0.1) is 5.41 Å². The summed E-state index contributed by atoms with van der Waals surface area (Å²) in [5.74, 6) is -0.831. The number of rotatable bonds is 6. The predicted molar refractivity (Wildman–Crippen MR) is 135 cm³/mol. The lowest BCUT2D eigenvalue weighted by Gasteiger charge is -2.25. The zero-order valence-electron chi connectivity index (χ0n) is 18.9. The van der Waals surface area contributed by atoms with Crippen LogP contribution in [0.15, 0.2) is 72.8 Å². The Morgan fingerprint density at radius 2 is 1.76 bits per heavy atom. The van der Waals surface area contributed by atoms with E-state index in [-0.39, 0.29) is 18.5 Å². The second kappa shape index (κ2) is 9.50. The van der Waals surface area contributed by atoms with Crippen LogP contribution in [-0.2, 0) is 9.53 Å². The van der Waals surface area contributed by atoms with Crippen LogP contribution in [0.25, 0.3) is 11.3 Å². The third kappa shape index (κ3) is 4.47. The average Bonchev–Trinajstić information content (AvgIpc) is 3.15. The maximum absolute atomic E-state index is 13.2. The van der Waals surface area contributed by atoms with Crippen LogP contribution in [0.2, 0.25) is 0 Å². The molecule has 0 aromatic heterocycles. The van der Waals surface area contributed by atoms with Crippen LogP contribution in [0.4, 0.5) is 17.1 Å². The highest BCUT2D eigenvalue weighted by atomic mass is 16.5. The van der Waals surface area contributed by atoms with Gasteiger partial charge in [-0.15, -0.1) is 0 Å². The molecule has 1 heterocycles. The zero-order valence-corrected chi connectivity index (χ0v) is 18.9. The van der Waals surface area contributed by atoms with Gasteiger partial charge in [-0.3, -0.25) is 10.2 Å². The molecule has 0 fully saturated rings. The summed E-state index contributed by atoms with van der Waals surface area (Å²) in [6.45, 7) is 2.02. The summed E-state index contributed by atoms with van der Waals surface area (Å²) < 4.78 is 5.09. The largest absolute Gasteiger partial charge is 0.462 e. The fourth-order valence-corrected chi connectivity index (χ4v) is 3.90. The number of hydrogen-bond donors (Lipinski definition) is 4. The number of benzene rings is 3. The number of nitrogens with zero attached hydrogens (tertiary/aromatic N) is 1. The molecular formula is C26H25N5O3. The van der Waals surface area contributed by atoms with Crippen LogP contribution in [0.1, 0.15) is 28.4 Å². The molecule has 0 spiro atoms. The summed E-state index contributed by atoms with van der Waals surface area (Å²) in [7, 11) is 1.89. The van der Waals surface area contributed by atoms with Crippen LogP contribution in [0.3, 0.4) is 0 Å². The molecule has 1 amide bonds. The number of anilines is 3. The molecule has 3 aromatic carbocycles. The molecule has 0 bridgehead atoms. The van der Waals surface area contributed by atoms with Gasteiger partial charge < -0.3 is 26.0 Å². The number of guanidine groups is 1. The van der Waals surface area contributed by atoms with Gasteiger partial charge in [0.15, 0.2) is 5.96 Å². The molecule has 0 aliphatic carbocycles. The van der Waals surface area contributed by atoms with Gasteiger partial charge in [0.2, 0.25) is 0 Å². The number of carbonyl (C=O) groups is 2. The topological polar surface area (TPSA) is 121 Å². The van der Waals surface area contributed by atoms with Gasteiger partial charge in [-0.1, -0.05) is 36.4 Å². The lowest BCUT2D eigenvalue weighted by atomic mass is 9.98. The van der Waals surface area contributed by atoms with E-state index in [1.54, 1.807) is 25.1 Å². The van der Waals surface area contributed by atoms with Gasteiger partial charge in [0, 0.05) is 24.0 Å². The standard InChI is InChI=1S/C26H25N5O3/c1-3-34-25(33)17-9-14-20-21(15-17)30-24(32)22(20)23(16-7-5-4-6-8-16)31(2)19-12-10-18(11-13-19)29-26(27)28/h4-15H,3H2,1-2H3,(H,30,32)(H4,27,28,29)/b23-22-. The van der Waals surface area contributed by atoms with E-state index in [0.717, 1.165) is 11.3 Å². The first kappa shape index (κ1) is 22.6. The van der Waals surface area contributed by atoms with E-state index < -0.39 is 5.97 Å². The third-order valence-electron chi connectivity index (χ3n) is 5.43. The van der Waals surface area contributed by atoms with Crippen LogP contribution >= 0.6 is 0 Å². The fraction of sp³-hybridized carbons (Fsp3) is 0.115. The van der Waals surface area contributed by atoms with Gasteiger partial charge >= 0.3 is 5.97 Å². The molecule has 4 rings (SSSR count). The molecule has 8 nitrogen and oxygen atoms in total. The molecule has 1 aliphatic heterocycles. The molecule has 0 radical (unpaired) electrons. The normalized spacial score (nSPS) is 13.5. The lowest BCUT2D eigenvalue weighted by Crippen LogP contribution is -2.21. The number of hydrogen-bond acceptors (Lipinski definition) is 5. The average molecular weight is 456 g/mol. The predicted octanol–water partition coefficient (Wildman–Crippen LogP) is 4.13. The van der Waals surface area contributed by atoms with Gasteiger partial charge in [0.25, 0.3) is 5.91 Å². The molecule has 0 atom stereocenters.